The van der Waals surface area contributed by atoms with Gasteiger partial charge < -0.3 is 24.3 Å². The van der Waals surface area contributed by atoms with E-state index in [2.05, 4.69) is 5.32 Å². The first-order chi connectivity index (χ1) is 16.7. The molecule has 35 heavy (non-hydrogen) atoms. The van der Waals surface area contributed by atoms with E-state index in [4.69, 9.17) is 18.9 Å². The van der Waals surface area contributed by atoms with Gasteiger partial charge in [-0.25, -0.2) is 4.79 Å². The zero-order valence-corrected chi connectivity index (χ0v) is 20.5. The number of amides is 1. The molecule has 2 aliphatic rings. The summed E-state index contributed by atoms with van der Waals surface area (Å²) in [6.07, 6.45) is 0.726. The third-order valence-corrected chi connectivity index (χ3v) is 6.37. The summed E-state index contributed by atoms with van der Waals surface area (Å²) in [4.78, 5) is 39.7. The molecule has 0 fully saturated rings. The molecule has 1 heterocycles. The minimum Gasteiger partial charge on any atom is -0.493 e. The highest BCUT2D eigenvalue weighted by Crippen LogP contribution is 2.48. The Hall–Kier alpha value is -3.81. The van der Waals surface area contributed by atoms with Crippen LogP contribution in [0.3, 0.4) is 0 Å². The van der Waals surface area contributed by atoms with Crippen molar-refractivity contribution in [3.8, 4) is 17.2 Å². The van der Waals surface area contributed by atoms with Crippen LogP contribution in [0.4, 0.5) is 0 Å². The molecule has 1 amide bonds. The Kier molecular flexibility index (Phi) is 6.56. The molecule has 0 spiro atoms. The monoisotopic (exact) mass is 479 g/mol. The molecule has 1 aliphatic carbocycles. The van der Waals surface area contributed by atoms with Crippen LogP contribution >= 0.6 is 0 Å². The number of methoxy groups -OCH3 is 3. The minimum atomic E-state index is -1.13. The van der Waals surface area contributed by atoms with Crippen LogP contribution in [-0.4, -0.2) is 45.0 Å². The second kappa shape index (κ2) is 9.44. The largest absolute Gasteiger partial charge is 0.493 e. The van der Waals surface area contributed by atoms with Crippen molar-refractivity contribution in [3.63, 3.8) is 0 Å². The number of Topliss-reactive ketones (excluding diaryl/α,β-unsaturated/α-hetero) is 1. The molecular formula is C27H29NO7. The smallest absolute Gasteiger partial charge is 0.334 e. The van der Waals surface area contributed by atoms with Gasteiger partial charge in [-0.05, 0) is 35.2 Å². The molecule has 184 valence electrons. The van der Waals surface area contributed by atoms with Crippen molar-refractivity contribution in [2.45, 2.75) is 38.6 Å². The van der Waals surface area contributed by atoms with Gasteiger partial charge in [0.25, 0.3) is 5.91 Å². The molecule has 0 saturated heterocycles. The van der Waals surface area contributed by atoms with Crippen LogP contribution in [0, 0.1) is 5.41 Å². The summed E-state index contributed by atoms with van der Waals surface area (Å²) in [5, 5.41) is 2.80. The van der Waals surface area contributed by atoms with Gasteiger partial charge in [0, 0.05) is 29.9 Å². The molecule has 8 heteroatoms. The second-order valence-electron chi connectivity index (χ2n) is 9.45. The highest BCUT2D eigenvalue weighted by atomic mass is 16.5. The average Bonchev–Trinajstić information content (AvgIpc) is 2.83. The summed E-state index contributed by atoms with van der Waals surface area (Å²) in [6.45, 7) is 3.92. The summed E-state index contributed by atoms with van der Waals surface area (Å²) in [6, 6.07) is 10.8. The van der Waals surface area contributed by atoms with Crippen molar-refractivity contribution in [1.82, 2.24) is 5.32 Å². The third-order valence-electron chi connectivity index (χ3n) is 6.37. The number of allylic oxidation sites excluding steroid dienone is 1. The van der Waals surface area contributed by atoms with Crippen molar-refractivity contribution in [2.24, 2.45) is 5.41 Å². The predicted molar refractivity (Wildman–Crippen MR) is 128 cm³/mol. The topological polar surface area (TPSA) is 100 Å². The van der Waals surface area contributed by atoms with Gasteiger partial charge in [0.15, 0.2) is 17.3 Å². The molecule has 0 saturated carbocycles. The molecule has 8 nitrogen and oxygen atoms in total. The molecule has 2 aromatic rings. The van der Waals surface area contributed by atoms with Crippen LogP contribution in [0.5, 0.6) is 17.2 Å². The van der Waals surface area contributed by atoms with E-state index in [1.807, 2.05) is 13.8 Å². The molecule has 0 radical (unpaired) electrons. The van der Waals surface area contributed by atoms with Crippen molar-refractivity contribution in [3.05, 3.63) is 64.9 Å². The molecule has 0 unspecified atom stereocenters. The molecule has 2 aromatic carbocycles. The summed E-state index contributed by atoms with van der Waals surface area (Å²) >= 11 is 0. The van der Waals surface area contributed by atoms with Crippen LogP contribution in [0.2, 0.25) is 0 Å². The van der Waals surface area contributed by atoms with Crippen LogP contribution in [-0.2, 0) is 14.3 Å². The number of esters is 1. The van der Waals surface area contributed by atoms with Crippen LogP contribution in [0.15, 0.2) is 53.8 Å². The summed E-state index contributed by atoms with van der Waals surface area (Å²) in [5.41, 5.74) is 0.988. The number of carbonyl (C=O) groups excluding carboxylic acids is 3. The van der Waals surface area contributed by atoms with Gasteiger partial charge in [-0.15, -0.1) is 0 Å². The van der Waals surface area contributed by atoms with E-state index in [-0.39, 0.29) is 11.2 Å². The first-order valence-electron chi connectivity index (χ1n) is 11.3. The number of benzene rings is 2. The Bertz CT molecular complexity index is 1170. The molecule has 1 aliphatic heterocycles. The van der Waals surface area contributed by atoms with Gasteiger partial charge in [0.2, 0.25) is 5.75 Å². The van der Waals surface area contributed by atoms with E-state index < -0.39 is 23.8 Å². The zero-order valence-electron chi connectivity index (χ0n) is 20.5. The molecule has 0 bridgehead atoms. The first-order valence-corrected chi connectivity index (χ1v) is 11.3. The van der Waals surface area contributed by atoms with Gasteiger partial charge in [0.05, 0.1) is 21.3 Å². The Labute approximate surface area is 204 Å². The van der Waals surface area contributed by atoms with Crippen molar-refractivity contribution in [1.29, 1.82) is 0 Å². The molecular weight excluding hydrogens is 450 g/mol. The number of hydrogen-bond acceptors (Lipinski definition) is 7. The van der Waals surface area contributed by atoms with Crippen molar-refractivity contribution in [2.75, 3.05) is 21.3 Å². The highest BCUT2D eigenvalue weighted by molar-refractivity contribution is 6.03. The SMILES string of the molecule is COc1cc([C@@H]2C3=C(CC(C)(C)CC3=O)OC(=O)[C@@H]2NC(=O)c2ccccc2)cc(OC)c1OC. The standard InChI is InChI=1S/C27H29NO7/c1-27(2)13-17(29)22-20(14-27)35-26(31)23(28-25(30)15-9-7-6-8-10-15)21(22)16-11-18(32-3)24(34-5)19(12-16)33-4/h6-12,21,23H,13-14H2,1-5H3,(H,28,30)/t21-,23-/m1/s1. The Balaban J connectivity index is 1.87. The summed E-state index contributed by atoms with van der Waals surface area (Å²) in [7, 11) is 4.47. The lowest BCUT2D eigenvalue weighted by molar-refractivity contribution is -0.145. The van der Waals surface area contributed by atoms with Crippen molar-refractivity contribution < 1.29 is 33.3 Å². The Morgan fingerprint density at radius 2 is 1.60 bits per heavy atom. The van der Waals surface area contributed by atoms with E-state index in [1.54, 1.807) is 42.5 Å². The second-order valence-corrected chi connectivity index (χ2v) is 9.45. The molecule has 1 N–H and O–H groups in total. The van der Waals surface area contributed by atoms with Crippen LogP contribution < -0.4 is 19.5 Å². The maximum Gasteiger partial charge on any atom is 0.334 e. The van der Waals surface area contributed by atoms with Crippen LogP contribution in [0.1, 0.15) is 48.5 Å². The number of nitrogens with one attached hydrogen (secondary N) is 1. The van der Waals surface area contributed by atoms with E-state index in [9.17, 15) is 14.4 Å². The first kappa shape index (κ1) is 24.3. The number of ether oxygens (including phenoxy) is 4. The fourth-order valence-electron chi connectivity index (χ4n) is 4.80. The van der Waals surface area contributed by atoms with E-state index >= 15 is 0 Å². The zero-order chi connectivity index (χ0) is 25.3. The normalized spacial score (nSPS) is 21.1. The minimum absolute atomic E-state index is 0.124. The lowest BCUT2D eigenvalue weighted by Gasteiger charge is -2.40. The van der Waals surface area contributed by atoms with Crippen LogP contribution in [0.25, 0.3) is 0 Å². The summed E-state index contributed by atoms with van der Waals surface area (Å²) in [5.74, 6) is -0.514. The predicted octanol–water partition coefficient (Wildman–Crippen LogP) is 3.79. The lowest BCUT2D eigenvalue weighted by Crippen LogP contribution is -2.51. The maximum absolute atomic E-state index is 13.4. The lowest BCUT2D eigenvalue weighted by atomic mass is 9.70. The van der Waals surface area contributed by atoms with Gasteiger partial charge in [-0.1, -0.05) is 32.0 Å². The molecule has 2 atom stereocenters. The van der Waals surface area contributed by atoms with Gasteiger partial charge >= 0.3 is 5.97 Å². The number of carbonyl (C=O) groups is 3. The fourth-order valence-corrected chi connectivity index (χ4v) is 4.80. The van der Waals surface area contributed by atoms with E-state index in [1.165, 1.54) is 21.3 Å². The number of rotatable bonds is 6. The van der Waals surface area contributed by atoms with Gasteiger partial charge in [0.1, 0.15) is 11.8 Å². The Morgan fingerprint density at radius 3 is 2.17 bits per heavy atom. The molecule has 4 rings (SSSR count). The maximum atomic E-state index is 13.4. The Morgan fingerprint density at radius 1 is 0.971 bits per heavy atom. The molecule has 0 aromatic heterocycles. The number of hydrogen-bond donors (Lipinski definition) is 1. The van der Waals surface area contributed by atoms with Crippen molar-refractivity contribution >= 4 is 17.7 Å². The summed E-state index contributed by atoms with van der Waals surface area (Å²) < 4.78 is 22.1. The van der Waals surface area contributed by atoms with Gasteiger partial charge in [-0.3, -0.25) is 9.59 Å². The number of ketones is 1. The van der Waals surface area contributed by atoms with E-state index in [0.717, 1.165) is 0 Å². The average molecular weight is 480 g/mol. The third kappa shape index (κ3) is 4.60. The van der Waals surface area contributed by atoms with E-state index in [0.29, 0.717) is 52.5 Å². The van der Waals surface area contributed by atoms with Gasteiger partial charge in [-0.2, -0.15) is 0 Å². The quantitative estimate of drug-likeness (QED) is 0.629. The fraction of sp³-hybridized carbons (Fsp3) is 0.370. The highest BCUT2D eigenvalue weighted by Gasteiger charge is 2.48.